The van der Waals surface area contributed by atoms with E-state index < -0.39 is 0 Å². The van der Waals surface area contributed by atoms with E-state index in [4.69, 9.17) is 15.3 Å². The summed E-state index contributed by atoms with van der Waals surface area (Å²) in [6, 6.07) is 8.06. The molecule has 2 rings (SSSR count). The fraction of sp³-hybridized carbons (Fsp3) is 0.571. The molecule has 0 aliphatic heterocycles. The van der Waals surface area contributed by atoms with E-state index in [1.807, 2.05) is 25.1 Å². The normalized spacial score (nSPS) is 19.1. The van der Waals surface area contributed by atoms with Crippen LogP contribution >= 0.6 is 0 Å². The van der Waals surface area contributed by atoms with Crippen molar-refractivity contribution in [3.63, 3.8) is 0 Å². The van der Waals surface area contributed by atoms with Crippen LogP contribution in [0.1, 0.15) is 37.8 Å². The van der Waals surface area contributed by atoms with E-state index in [1.54, 1.807) is 7.11 Å². The van der Waals surface area contributed by atoms with Gasteiger partial charge in [0.15, 0.2) is 0 Å². The quantitative estimate of drug-likeness (QED) is 0.600. The largest absolute Gasteiger partial charge is 0.494 e. The minimum Gasteiger partial charge on any atom is -0.494 e. The van der Waals surface area contributed by atoms with E-state index in [9.17, 15) is 0 Å². The number of nitrogens with two attached hydrogens (primary N) is 1. The molecule has 0 aromatic heterocycles. The first kappa shape index (κ1) is 13.3. The second kappa shape index (κ2) is 5.69. The number of hydrazine groups is 1. The Balaban J connectivity index is 2.24. The summed E-state index contributed by atoms with van der Waals surface area (Å²) in [5, 5.41) is 0. The smallest absolute Gasteiger partial charge is 0.119 e. The molecule has 1 aromatic rings. The van der Waals surface area contributed by atoms with Crippen LogP contribution in [-0.2, 0) is 4.74 Å². The molecule has 1 aromatic carbocycles. The van der Waals surface area contributed by atoms with Crippen molar-refractivity contribution < 1.29 is 9.47 Å². The number of hydrogen-bond acceptors (Lipinski definition) is 4. The predicted molar refractivity (Wildman–Crippen MR) is 71.3 cm³/mol. The van der Waals surface area contributed by atoms with Gasteiger partial charge < -0.3 is 9.47 Å². The summed E-state index contributed by atoms with van der Waals surface area (Å²) in [6.07, 6.45) is 3.27. The molecule has 0 spiro atoms. The Morgan fingerprint density at radius 2 is 2.22 bits per heavy atom. The second-order valence-electron chi connectivity index (χ2n) is 4.73. The number of rotatable bonds is 6. The van der Waals surface area contributed by atoms with Crippen LogP contribution in [0.15, 0.2) is 24.3 Å². The van der Waals surface area contributed by atoms with Gasteiger partial charge in [-0.05, 0) is 43.9 Å². The first-order valence-corrected chi connectivity index (χ1v) is 6.50. The van der Waals surface area contributed by atoms with Crippen molar-refractivity contribution in [1.29, 1.82) is 0 Å². The summed E-state index contributed by atoms with van der Waals surface area (Å²) in [7, 11) is 1.76. The standard InChI is InChI=1S/C14H22N2O2/c1-3-18-12-7-4-6-11(10-12)13(16-15)14(17-2)8-5-9-14/h4,6-7,10,13,16H,3,5,8-9,15H2,1-2H3. The van der Waals surface area contributed by atoms with Crippen LogP contribution in [0.3, 0.4) is 0 Å². The van der Waals surface area contributed by atoms with Crippen LogP contribution in [-0.4, -0.2) is 19.3 Å². The van der Waals surface area contributed by atoms with Gasteiger partial charge in [-0.3, -0.25) is 11.3 Å². The minimum atomic E-state index is -0.167. The van der Waals surface area contributed by atoms with Gasteiger partial charge in [-0.15, -0.1) is 0 Å². The van der Waals surface area contributed by atoms with Gasteiger partial charge in [0.1, 0.15) is 5.75 Å². The Hall–Kier alpha value is -1.10. The molecule has 1 unspecified atom stereocenters. The van der Waals surface area contributed by atoms with E-state index in [-0.39, 0.29) is 11.6 Å². The van der Waals surface area contributed by atoms with Gasteiger partial charge in [-0.1, -0.05) is 12.1 Å². The molecule has 1 aliphatic carbocycles. The van der Waals surface area contributed by atoms with Crippen LogP contribution in [0.4, 0.5) is 0 Å². The molecule has 100 valence electrons. The van der Waals surface area contributed by atoms with Gasteiger partial charge in [0.2, 0.25) is 0 Å². The van der Waals surface area contributed by atoms with Gasteiger partial charge >= 0.3 is 0 Å². The number of hydrogen-bond donors (Lipinski definition) is 2. The van der Waals surface area contributed by atoms with Crippen molar-refractivity contribution in [3.8, 4) is 5.75 Å². The second-order valence-corrected chi connectivity index (χ2v) is 4.73. The summed E-state index contributed by atoms with van der Waals surface area (Å²) in [6.45, 7) is 2.65. The molecule has 0 bridgehead atoms. The molecular formula is C14H22N2O2. The highest BCUT2D eigenvalue weighted by Crippen LogP contribution is 2.44. The Bertz CT molecular complexity index is 386. The Kier molecular flexibility index (Phi) is 4.22. The highest BCUT2D eigenvalue weighted by Gasteiger charge is 2.44. The van der Waals surface area contributed by atoms with Crippen LogP contribution in [0, 0.1) is 0 Å². The SMILES string of the molecule is CCOc1cccc(C(NN)C2(OC)CCC2)c1. The molecule has 0 saturated heterocycles. The molecule has 0 amide bonds. The molecule has 3 N–H and O–H groups in total. The predicted octanol–water partition coefficient (Wildman–Crippen LogP) is 2.16. The lowest BCUT2D eigenvalue weighted by molar-refractivity contribution is -0.0999. The van der Waals surface area contributed by atoms with Gasteiger partial charge in [0, 0.05) is 7.11 Å². The van der Waals surface area contributed by atoms with Crippen LogP contribution in [0.2, 0.25) is 0 Å². The minimum absolute atomic E-state index is 0.0108. The van der Waals surface area contributed by atoms with Gasteiger partial charge in [0.05, 0.1) is 18.2 Å². The number of nitrogens with one attached hydrogen (secondary N) is 1. The average molecular weight is 250 g/mol. The molecule has 1 atom stereocenters. The van der Waals surface area contributed by atoms with Gasteiger partial charge in [-0.2, -0.15) is 0 Å². The molecule has 0 radical (unpaired) electrons. The van der Waals surface area contributed by atoms with Crippen molar-refractivity contribution in [2.24, 2.45) is 5.84 Å². The molecule has 1 saturated carbocycles. The molecule has 4 heteroatoms. The maximum absolute atomic E-state index is 5.73. The molecule has 1 aliphatic rings. The zero-order valence-electron chi connectivity index (χ0n) is 11.1. The summed E-state index contributed by atoms with van der Waals surface area (Å²) in [5.74, 6) is 6.60. The summed E-state index contributed by atoms with van der Waals surface area (Å²) >= 11 is 0. The van der Waals surface area contributed by atoms with Crippen molar-refractivity contribution in [2.75, 3.05) is 13.7 Å². The van der Waals surface area contributed by atoms with E-state index in [0.717, 1.165) is 24.2 Å². The third-order valence-corrected chi connectivity index (χ3v) is 3.80. The first-order chi connectivity index (χ1) is 8.75. The first-order valence-electron chi connectivity index (χ1n) is 6.50. The Labute approximate surface area is 108 Å². The third-order valence-electron chi connectivity index (χ3n) is 3.80. The lowest BCUT2D eigenvalue weighted by Gasteiger charge is -2.46. The Morgan fingerprint density at radius 3 is 2.72 bits per heavy atom. The highest BCUT2D eigenvalue weighted by molar-refractivity contribution is 5.32. The fourth-order valence-corrected chi connectivity index (χ4v) is 2.64. The monoisotopic (exact) mass is 250 g/mol. The van der Waals surface area contributed by atoms with Crippen molar-refractivity contribution >= 4 is 0 Å². The van der Waals surface area contributed by atoms with E-state index in [2.05, 4.69) is 11.5 Å². The summed E-state index contributed by atoms with van der Waals surface area (Å²) in [5.41, 5.74) is 3.85. The average Bonchev–Trinajstić information content (AvgIpc) is 2.34. The van der Waals surface area contributed by atoms with Crippen LogP contribution < -0.4 is 16.0 Å². The molecule has 18 heavy (non-hydrogen) atoms. The number of benzene rings is 1. The zero-order chi connectivity index (χ0) is 13.0. The lowest BCUT2D eigenvalue weighted by atomic mass is 9.72. The molecular weight excluding hydrogens is 228 g/mol. The summed E-state index contributed by atoms with van der Waals surface area (Å²) in [4.78, 5) is 0. The van der Waals surface area contributed by atoms with E-state index in [1.165, 1.54) is 6.42 Å². The van der Waals surface area contributed by atoms with Gasteiger partial charge in [0.25, 0.3) is 0 Å². The molecule has 1 fully saturated rings. The van der Waals surface area contributed by atoms with Crippen LogP contribution in [0.5, 0.6) is 5.75 Å². The number of ether oxygens (including phenoxy) is 2. The summed E-state index contributed by atoms with van der Waals surface area (Å²) < 4.78 is 11.2. The van der Waals surface area contributed by atoms with Crippen molar-refractivity contribution in [1.82, 2.24) is 5.43 Å². The van der Waals surface area contributed by atoms with Crippen LogP contribution in [0.25, 0.3) is 0 Å². The highest BCUT2D eigenvalue weighted by atomic mass is 16.5. The van der Waals surface area contributed by atoms with Gasteiger partial charge in [-0.25, -0.2) is 0 Å². The van der Waals surface area contributed by atoms with Crippen molar-refractivity contribution in [2.45, 2.75) is 37.8 Å². The topological polar surface area (TPSA) is 56.5 Å². The van der Waals surface area contributed by atoms with E-state index >= 15 is 0 Å². The van der Waals surface area contributed by atoms with Crippen molar-refractivity contribution in [3.05, 3.63) is 29.8 Å². The fourth-order valence-electron chi connectivity index (χ4n) is 2.64. The van der Waals surface area contributed by atoms with E-state index in [0.29, 0.717) is 6.61 Å². The molecule has 4 nitrogen and oxygen atoms in total. The maximum Gasteiger partial charge on any atom is 0.119 e. The number of methoxy groups -OCH3 is 1. The molecule has 0 heterocycles. The third kappa shape index (κ3) is 2.36. The lowest BCUT2D eigenvalue weighted by Crippen LogP contribution is -2.52. The maximum atomic E-state index is 5.73. The Morgan fingerprint density at radius 1 is 1.44 bits per heavy atom. The zero-order valence-corrected chi connectivity index (χ0v) is 11.1.